The number of aromatic nitrogens is 4. The Morgan fingerprint density at radius 2 is 2.00 bits per heavy atom. The highest BCUT2D eigenvalue weighted by atomic mass is 16.4. The minimum atomic E-state index is -0.953. The number of H-pyrrole nitrogens is 1. The van der Waals surface area contributed by atoms with Gasteiger partial charge < -0.3 is 5.11 Å². The van der Waals surface area contributed by atoms with Crippen LogP contribution in [0.4, 0.5) is 5.95 Å². The lowest BCUT2D eigenvalue weighted by molar-refractivity contribution is -0.137. The summed E-state index contributed by atoms with van der Waals surface area (Å²) in [5.41, 5.74) is 0.804. The van der Waals surface area contributed by atoms with Crippen LogP contribution in [0.5, 0.6) is 0 Å². The molecule has 1 aromatic heterocycles. The highest BCUT2D eigenvalue weighted by Crippen LogP contribution is 2.23. The Hall–Kier alpha value is -2.77. The molecular formula is C12H13N5O3. The van der Waals surface area contributed by atoms with Gasteiger partial charge in [-0.3, -0.25) is 14.9 Å². The summed E-state index contributed by atoms with van der Waals surface area (Å²) < 4.78 is 0. The molecule has 0 radical (unpaired) electrons. The lowest BCUT2D eigenvalue weighted by atomic mass is 9.92. The number of nitrogens with one attached hydrogen (secondary N) is 2. The molecule has 1 heterocycles. The zero-order chi connectivity index (χ0) is 14.4. The Morgan fingerprint density at radius 3 is 2.60 bits per heavy atom. The zero-order valence-corrected chi connectivity index (χ0v) is 10.5. The molecular weight excluding hydrogens is 262 g/mol. The number of tetrazole rings is 1. The van der Waals surface area contributed by atoms with Gasteiger partial charge in [0.05, 0.1) is 6.42 Å². The standard InChI is InChI=1S/C12H13N5O3/c18-10(13-12-14-16-17-15-12)6-9(7-11(19)20)8-4-2-1-3-5-8/h1-5,9H,6-7H2,(H,19,20)(H2,13,14,15,16,17,18)/t9-/m1/s1. The minimum Gasteiger partial charge on any atom is -0.481 e. The number of aliphatic carboxylic acids is 1. The van der Waals surface area contributed by atoms with Crippen LogP contribution >= 0.6 is 0 Å². The van der Waals surface area contributed by atoms with Gasteiger partial charge in [0, 0.05) is 12.3 Å². The molecule has 1 aromatic carbocycles. The van der Waals surface area contributed by atoms with E-state index in [0.29, 0.717) is 0 Å². The summed E-state index contributed by atoms with van der Waals surface area (Å²) in [5, 5.41) is 24.1. The van der Waals surface area contributed by atoms with Gasteiger partial charge in [-0.05, 0) is 10.8 Å². The van der Waals surface area contributed by atoms with Gasteiger partial charge in [0.15, 0.2) is 0 Å². The molecule has 0 aliphatic carbocycles. The van der Waals surface area contributed by atoms with Gasteiger partial charge in [0.25, 0.3) is 5.95 Å². The SMILES string of the molecule is O=C(O)C[C@@H](CC(=O)Nc1nn[nH]n1)c1ccccc1. The van der Waals surface area contributed by atoms with E-state index in [-0.39, 0.29) is 24.7 Å². The minimum absolute atomic E-state index is 0.0326. The van der Waals surface area contributed by atoms with Gasteiger partial charge in [0.1, 0.15) is 0 Å². The molecule has 0 saturated heterocycles. The van der Waals surface area contributed by atoms with Gasteiger partial charge in [-0.25, -0.2) is 0 Å². The summed E-state index contributed by atoms with van der Waals surface area (Å²) in [6, 6.07) is 9.05. The Kier molecular flexibility index (Phi) is 4.38. The van der Waals surface area contributed by atoms with Gasteiger partial charge in [-0.1, -0.05) is 35.4 Å². The van der Waals surface area contributed by atoms with Crippen molar-refractivity contribution in [1.29, 1.82) is 0 Å². The van der Waals surface area contributed by atoms with Crippen LogP contribution in [-0.2, 0) is 9.59 Å². The van der Waals surface area contributed by atoms with E-state index >= 15 is 0 Å². The number of carboxylic acid groups (broad SMARTS) is 1. The quantitative estimate of drug-likeness (QED) is 0.716. The van der Waals surface area contributed by atoms with Gasteiger partial charge >= 0.3 is 5.97 Å². The molecule has 8 heteroatoms. The Bertz CT molecular complexity index is 570. The van der Waals surface area contributed by atoms with Crippen LogP contribution in [-0.4, -0.2) is 37.6 Å². The second kappa shape index (κ2) is 6.41. The Balaban J connectivity index is 2.04. The molecule has 2 rings (SSSR count). The van der Waals surface area contributed by atoms with Crippen LogP contribution in [0, 0.1) is 0 Å². The molecule has 2 aromatic rings. The van der Waals surface area contributed by atoms with E-state index in [0.717, 1.165) is 5.56 Å². The number of hydrogen-bond donors (Lipinski definition) is 3. The van der Waals surface area contributed by atoms with Crippen molar-refractivity contribution < 1.29 is 14.7 Å². The first-order chi connectivity index (χ1) is 9.65. The van der Waals surface area contributed by atoms with Crippen LogP contribution in [0.2, 0.25) is 0 Å². The fraction of sp³-hybridized carbons (Fsp3) is 0.250. The van der Waals surface area contributed by atoms with Crippen LogP contribution < -0.4 is 5.32 Å². The van der Waals surface area contributed by atoms with Gasteiger partial charge in [-0.15, -0.1) is 5.10 Å². The third-order valence-electron chi connectivity index (χ3n) is 2.72. The molecule has 8 nitrogen and oxygen atoms in total. The Labute approximate surface area is 114 Å². The summed E-state index contributed by atoms with van der Waals surface area (Å²) in [6.45, 7) is 0. The normalized spacial score (nSPS) is 11.8. The van der Waals surface area contributed by atoms with E-state index in [9.17, 15) is 9.59 Å². The summed E-state index contributed by atoms with van der Waals surface area (Å²) in [7, 11) is 0. The van der Waals surface area contributed by atoms with Crippen LogP contribution in [0.15, 0.2) is 30.3 Å². The number of anilines is 1. The maximum Gasteiger partial charge on any atom is 0.303 e. The molecule has 3 N–H and O–H groups in total. The number of nitrogens with zero attached hydrogens (tertiary/aromatic N) is 3. The van der Waals surface area contributed by atoms with E-state index < -0.39 is 11.9 Å². The molecule has 1 amide bonds. The first-order valence-electron chi connectivity index (χ1n) is 5.95. The summed E-state index contributed by atoms with van der Waals surface area (Å²) in [5.74, 6) is -1.65. The van der Waals surface area contributed by atoms with Crippen molar-refractivity contribution in [3.8, 4) is 0 Å². The number of benzene rings is 1. The molecule has 0 aliphatic rings. The first kappa shape index (κ1) is 13.7. The Morgan fingerprint density at radius 1 is 1.25 bits per heavy atom. The van der Waals surface area contributed by atoms with E-state index in [2.05, 4.69) is 25.9 Å². The zero-order valence-electron chi connectivity index (χ0n) is 10.5. The third kappa shape index (κ3) is 3.87. The van der Waals surface area contributed by atoms with Crippen molar-refractivity contribution in [3.05, 3.63) is 35.9 Å². The van der Waals surface area contributed by atoms with E-state index in [1.165, 1.54) is 0 Å². The maximum absolute atomic E-state index is 11.8. The molecule has 104 valence electrons. The predicted octanol–water partition coefficient (Wildman–Crippen LogP) is 0.787. The monoisotopic (exact) mass is 275 g/mol. The summed E-state index contributed by atoms with van der Waals surface area (Å²) in [4.78, 5) is 22.8. The largest absolute Gasteiger partial charge is 0.481 e. The number of aromatic amines is 1. The number of carbonyl (C=O) groups is 2. The van der Waals surface area contributed by atoms with Crippen molar-refractivity contribution in [2.24, 2.45) is 0 Å². The van der Waals surface area contributed by atoms with Crippen molar-refractivity contribution in [2.45, 2.75) is 18.8 Å². The molecule has 20 heavy (non-hydrogen) atoms. The number of hydrogen-bond acceptors (Lipinski definition) is 5. The number of amides is 1. The summed E-state index contributed by atoms with van der Waals surface area (Å²) >= 11 is 0. The lowest BCUT2D eigenvalue weighted by Crippen LogP contribution is -2.18. The molecule has 0 spiro atoms. The van der Waals surface area contributed by atoms with Crippen LogP contribution in [0.3, 0.4) is 0 Å². The second-order valence-electron chi connectivity index (χ2n) is 4.19. The molecule has 0 aliphatic heterocycles. The van der Waals surface area contributed by atoms with Crippen molar-refractivity contribution >= 4 is 17.8 Å². The van der Waals surface area contributed by atoms with Crippen molar-refractivity contribution in [1.82, 2.24) is 20.6 Å². The molecule has 0 unspecified atom stereocenters. The fourth-order valence-electron chi connectivity index (χ4n) is 1.86. The van der Waals surface area contributed by atoms with Crippen LogP contribution in [0.25, 0.3) is 0 Å². The summed E-state index contributed by atoms with van der Waals surface area (Å²) in [6.07, 6.45) is -0.0888. The van der Waals surface area contributed by atoms with Gasteiger partial charge in [0.2, 0.25) is 5.91 Å². The van der Waals surface area contributed by atoms with E-state index in [1.807, 2.05) is 6.07 Å². The number of carboxylic acids is 1. The maximum atomic E-state index is 11.8. The number of carbonyl (C=O) groups excluding carboxylic acids is 1. The van der Waals surface area contributed by atoms with Crippen molar-refractivity contribution in [3.63, 3.8) is 0 Å². The highest BCUT2D eigenvalue weighted by Gasteiger charge is 2.19. The smallest absolute Gasteiger partial charge is 0.303 e. The molecule has 0 saturated carbocycles. The average molecular weight is 275 g/mol. The van der Waals surface area contributed by atoms with Gasteiger partial charge in [-0.2, -0.15) is 5.21 Å². The second-order valence-corrected chi connectivity index (χ2v) is 4.19. The predicted molar refractivity (Wildman–Crippen MR) is 68.9 cm³/mol. The third-order valence-corrected chi connectivity index (χ3v) is 2.72. The fourth-order valence-corrected chi connectivity index (χ4v) is 1.86. The topological polar surface area (TPSA) is 121 Å². The highest BCUT2D eigenvalue weighted by molar-refractivity contribution is 5.89. The van der Waals surface area contributed by atoms with Crippen LogP contribution in [0.1, 0.15) is 24.3 Å². The average Bonchev–Trinajstić information content (AvgIpc) is 2.91. The molecule has 0 fully saturated rings. The van der Waals surface area contributed by atoms with Crippen molar-refractivity contribution in [2.75, 3.05) is 5.32 Å². The lowest BCUT2D eigenvalue weighted by Gasteiger charge is -2.14. The molecule has 0 bridgehead atoms. The van der Waals surface area contributed by atoms with E-state index in [1.54, 1.807) is 24.3 Å². The molecule has 1 atom stereocenters. The van der Waals surface area contributed by atoms with E-state index in [4.69, 9.17) is 5.11 Å². The first-order valence-corrected chi connectivity index (χ1v) is 5.95. The number of rotatable bonds is 6.